The van der Waals surface area contributed by atoms with Crippen LogP contribution in [0.25, 0.3) is 0 Å². The minimum atomic E-state index is -0.484. The van der Waals surface area contributed by atoms with E-state index in [-0.39, 0.29) is 18.1 Å². The first-order chi connectivity index (χ1) is 9.99. The summed E-state index contributed by atoms with van der Waals surface area (Å²) in [4.78, 5) is 15.5. The average molecular weight is 309 g/mol. The normalized spacial score (nSPS) is 23.7. The van der Waals surface area contributed by atoms with Crippen LogP contribution in [0, 0.1) is 0 Å². The van der Waals surface area contributed by atoms with Crippen molar-refractivity contribution in [3.63, 3.8) is 0 Å². The van der Waals surface area contributed by atoms with Gasteiger partial charge in [-0.25, -0.2) is 0 Å². The van der Waals surface area contributed by atoms with Crippen LogP contribution in [0.5, 0.6) is 5.75 Å². The Hall–Kier alpha value is -1.20. The molecule has 0 radical (unpaired) electrons. The third kappa shape index (κ3) is 4.38. The number of carbonyl (C=O) groups is 1. The van der Waals surface area contributed by atoms with Crippen molar-refractivity contribution in [3.8, 4) is 5.75 Å². The molecule has 1 saturated heterocycles. The van der Waals surface area contributed by atoms with Gasteiger partial charge in [0.05, 0.1) is 12.2 Å². The molecule has 116 valence electrons. The zero-order valence-electron chi connectivity index (χ0n) is 13.0. The van der Waals surface area contributed by atoms with Crippen molar-refractivity contribution in [1.29, 1.82) is 0 Å². The second kappa shape index (κ2) is 7.18. The Kier molecular flexibility index (Phi) is 5.53. The molecule has 1 aliphatic rings. The minimum Gasteiger partial charge on any atom is -0.481 e. The van der Waals surface area contributed by atoms with Gasteiger partial charge in [0, 0.05) is 18.0 Å². The van der Waals surface area contributed by atoms with E-state index in [0.29, 0.717) is 13.1 Å². The Balaban J connectivity index is 1.95. The van der Waals surface area contributed by atoms with Crippen molar-refractivity contribution in [1.82, 2.24) is 4.90 Å². The maximum atomic E-state index is 12.5. The highest BCUT2D eigenvalue weighted by molar-refractivity contribution is 7.98. The fourth-order valence-electron chi connectivity index (χ4n) is 2.52. The number of rotatable bonds is 4. The van der Waals surface area contributed by atoms with Crippen LogP contribution in [0.15, 0.2) is 29.2 Å². The van der Waals surface area contributed by atoms with Gasteiger partial charge in [-0.2, -0.15) is 0 Å². The molecule has 1 fully saturated rings. The second-order valence-electron chi connectivity index (χ2n) is 5.44. The van der Waals surface area contributed by atoms with Gasteiger partial charge in [-0.15, -0.1) is 11.8 Å². The molecule has 4 nitrogen and oxygen atoms in total. The number of hydrogen-bond donors (Lipinski definition) is 0. The van der Waals surface area contributed by atoms with Crippen LogP contribution in [0.4, 0.5) is 0 Å². The Morgan fingerprint density at radius 2 is 1.86 bits per heavy atom. The van der Waals surface area contributed by atoms with Gasteiger partial charge in [0.1, 0.15) is 5.75 Å². The van der Waals surface area contributed by atoms with E-state index in [9.17, 15) is 4.79 Å². The summed E-state index contributed by atoms with van der Waals surface area (Å²) >= 11 is 1.68. The van der Waals surface area contributed by atoms with Crippen LogP contribution >= 0.6 is 11.8 Å². The third-order valence-electron chi connectivity index (χ3n) is 3.45. The molecule has 21 heavy (non-hydrogen) atoms. The summed E-state index contributed by atoms with van der Waals surface area (Å²) < 4.78 is 11.4. The Morgan fingerprint density at radius 3 is 2.38 bits per heavy atom. The molecular formula is C16H23NO3S. The van der Waals surface area contributed by atoms with Gasteiger partial charge in [0.15, 0.2) is 6.10 Å². The summed E-state index contributed by atoms with van der Waals surface area (Å²) in [6, 6.07) is 7.80. The van der Waals surface area contributed by atoms with E-state index in [1.165, 1.54) is 4.90 Å². The molecule has 3 atom stereocenters. The number of hydrogen-bond acceptors (Lipinski definition) is 4. The number of benzene rings is 1. The van der Waals surface area contributed by atoms with Gasteiger partial charge in [-0.05, 0) is 51.3 Å². The zero-order valence-corrected chi connectivity index (χ0v) is 13.9. The summed E-state index contributed by atoms with van der Waals surface area (Å²) in [5.41, 5.74) is 0. The molecular weight excluding hydrogens is 286 g/mol. The molecule has 1 aromatic rings. The predicted octanol–water partition coefficient (Wildman–Crippen LogP) is 2.81. The molecule has 0 aromatic heterocycles. The first-order valence-electron chi connectivity index (χ1n) is 7.24. The molecule has 0 saturated carbocycles. The van der Waals surface area contributed by atoms with E-state index in [1.807, 2.05) is 49.3 Å². The third-order valence-corrected chi connectivity index (χ3v) is 4.19. The van der Waals surface area contributed by atoms with Gasteiger partial charge >= 0.3 is 0 Å². The first-order valence-corrected chi connectivity index (χ1v) is 8.47. The number of amides is 1. The first kappa shape index (κ1) is 16.2. The molecule has 0 aliphatic carbocycles. The predicted molar refractivity (Wildman–Crippen MR) is 84.9 cm³/mol. The quantitative estimate of drug-likeness (QED) is 0.802. The summed E-state index contributed by atoms with van der Waals surface area (Å²) in [5.74, 6) is 0.744. The minimum absolute atomic E-state index is 0.0194. The zero-order chi connectivity index (χ0) is 15.4. The van der Waals surface area contributed by atoms with Crippen molar-refractivity contribution in [2.45, 2.75) is 44.0 Å². The van der Waals surface area contributed by atoms with Crippen LogP contribution in [0.1, 0.15) is 20.8 Å². The van der Waals surface area contributed by atoms with E-state index in [0.717, 1.165) is 5.75 Å². The average Bonchev–Trinajstić information content (AvgIpc) is 2.46. The van der Waals surface area contributed by atoms with Crippen molar-refractivity contribution < 1.29 is 14.3 Å². The van der Waals surface area contributed by atoms with Gasteiger partial charge in [-0.3, -0.25) is 4.79 Å². The fraction of sp³-hybridized carbons (Fsp3) is 0.562. The van der Waals surface area contributed by atoms with Crippen LogP contribution in [0.3, 0.4) is 0 Å². The molecule has 1 heterocycles. The van der Waals surface area contributed by atoms with Gasteiger partial charge < -0.3 is 14.4 Å². The molecule has 3 unspecified atom stereocenters. The van der Waals surface area contributed by atoms with E-state index in [4.69, 9.17) is 9.47 Å². The monoisotopic (exact) mass is 309 g/mol. The van der Waals surface area contributed by atoms with Crippen LogP contribution < -0.4 is 4.74 Å². The topological polar surface area (TPSA) is 38.8 Å². The van der Waals surface area contributed by atoms with Crippen LogP contribution in [0.2, 0.25) is 0 Å². The summed E-state index contributed by atoms with van der Waals surface area (Å²) in [5, 5.41) is 0. The molecule has 2 rings (SSSR count). The van der Waals surface area contributed by atoms with Gasteiger partial charge in [0.25, 0.3) is 5.91 Å². The lowest BCUT2D eigenvalue weighted by Gasteiger charge is -2.36. The summed E-state index contributed by atoms with van der Waals surface area (Å²) in [7, 11) is 0. The van der Waals surface area contributed by atoms with Crippen LogP contribution in [-0.2, 0) is 9.53 Å². The maximum absolute atomic E-state index is 12.5. The highest BCUT2D eigenvalue weighted by Crippen LogP contribution is 2.20. The Labute approximate surface area is 130 Å². The van der Waals surface area contributed by atoms with E-state index >= 15 is 0 Å². The number of morpholine rings is 1. The van der Waals surface area contributed by atoms with Gasteiger partial charge in [0.2, 0.25) is 0 Å². The second-order valence-corrected chi connectivity index (χ2v) is 6.32. The number of thioether (sulfide) groups is 1. The molecule has 0 spiro atoms. The van der Waals surface area contributed by atoms with E-state index in [2.05, 4.69) is 0 Å². The fourth-order valence-corrected chi connectivity index (χ4v) is 2.93. The lowest BCUT2D eigenvalue weighted by molar-refractivity contribution is -0.149. The largest absolute Gasteiger partial charge is 0.481 e. The van der Waals surface area contributed by atoms with Crippen molar-refractivity contribution in [2.75, 3.05) is 19.3 Å². The molecule has 0 bridgehead atoms. The highest BCUT2D eigenvalue weighted by Gasteiger charge is 2.29. The Bertz CT molecular complexity index is 467. The van der Waals surface area contributed by atoms with Crippen LogP contribution in [-0.4, -0.2) is 48.5 Å². The van der Waals surface area contributed by atoms with Crippen molar-refractivity contribution >= 4 is 17.7 Å². The standard InChI is InChI=1S/C16H23NO3S/c1-11-9-17(10-12(2)19-11)16(18)13(3)20-14-5-7-15(21-4)8-6-14/h5-8,11-13H,9-10H2,1-4H3. The molecule has 1 aromatic carbocycles. The van der Waals surface area contributed by atoms with E-state index < -0.39 is 6.10 Å². The number of nitrogens with zero attached hydrogens (tertiary/aromatic N) is 1. The SMILES string of the molecule is CSc1ccc(OC(C)C(=O)N2CC(C)OC(C)C2)cc1. The Morgan fingerprint density at radius 1 is 1.29 bits per heavy atom. The molecule has 1 amide bonds. The molecule has 0 N–H and O–H groups in total. The van der Waals surface area contributed by atoms with Gasteiger partial charge in [-0.1, -0.05) is 0 Å². The summed E-state index contributed by atoms with van der Waals surface area (Å²) in [6.07, 6.45) is 1.70. The summed E-state index contributed by atoms with van der Waals surface area (Å²) in [6.45, 7) is 7.03. The smallest absolute Gasteiger partial charge is 0.263 e. The highest BCUT2D eigenvalue weighted by atomic mass is 32.2. The maximum Gasteiger partial charge on any atom is 0.263 e. The lowest BCUT2D eigenvalue weighted by atomic mass is 10.2. The van der Waals surface area contributed by atoms with E-state index in [1.54, 1.807) is 18.7 Å². The molecule has 5 heteroatoms. The van der Waals surface area contributed by atoms with Crippen molar-refractivity contribution in [2.24, 2.45) is 0 Å². The number of ether oxygens (including phenoxy) is 2. The number of carbonyl (C=O) groups excluding carboxylic acids is 1. The molecule has 1 aliphatic heterocycles. The van der Waals surface area contributed by atoms with Crippen molar-refractivity contribution in [3.05, 3.63) is 24.3 Å². The lowest BCUT2D eigenvalue weighted by Crippen LogP contribution is -2.51.